The summed E-state index contributed by atoms with van der Waals surface area (Å²) in [7, 11) is 4.18. The number of thioether (sulfide) groups is 1. The van der Waals surface area contributed by atoms with Crippen molar-refractivity contribution in [2.24, 2.45) is 0 Å². The number of nitrogens with zero attached hydrogens (tertiary/aromatic N) is 1. The Morgan fingerprint density at radius 3 is 2.60 bits per heavy atom. The van der Waals surface area contributed by atoms with Gasteiger partial charge in [-0.2, -0.15) is 11.8 Å². The lowest BCUT2D eigenvalue weighted by atomic mass is 9.98. The highest BCUT2D eigenvalue weighted by Crippen LogP contribution is 2.24. The maximum atomic E-state index is 10.9. The molecule has 0 aliphatic carbocycles. The van der Waals surface area contributed by atoms with Crippen LogP contribution in [0.2, 0.25) is 0 Å². The average molecular weight is 422 g/mol. The van der Waals surface area contributed by atoms with E-state index in [1.165, 1.54) is 11.1 Å². The Kier molecular flexibility index (Phi) is 8.00. The molecule has 2 aromatic carbocycles. The summed E-state index contributed by atoms with van der Waals surface area (Å²) in [6.45, 7) is 1.07. The highest BCUT2D eigenvalue weighted by Gasteiger charge is 2.07. The van der Waals surface area contributed by atoms with Gasteiger partial charge in [0.15, 0.2) is 0 Å². The molecule has 0 spiro atoms. The van der Waals surface area contributed by atoms with Crippen LogP contribution in [0.15, 0.2) is 46.9 Å². The van der Waals surface area contributed by atoms with Crippen molar-refractivity contribution in [3.05, 3.63) is 69.2 Å². The number of hydrogen-bond donors (Lipinski definition) is 1. The van der Waals surface area contributed by atoms with Gasteiger partial charge in [0.05, 0.1) is 6.42 Å². The summed E-state index contributed by atoms with van der Waals surface area (Å²) in [5.74, 6) is 1.29. The maximum absolute atomic E-state index is 10.9. The second-order valence-electron chi connectivity index (χ2n) is 6.34. The third-order valence-electron chi connectivity index (χ3n) is 3.85. The third-order valence-corrected chi connectivity index (χ3v) is 5.33. The van der Waals surface area contributed by atoms with Crippen LogP contribution in [-0.4, -0.2) is 42.4 Å². The minimum atomic E-state index is -0.793. The first-order chi connectivity index (χ1) is 11.9. The molecule has 0 aliphatic heterocycles. The molecule has 0 aliphatic rings. The minimum Gasteiger partial charge on any atom is -0.481 e. The van der Waals surface area contributed by atoms with Crippen molar-refractivity contribution in [1.82, 2.24) is 4.90 Å². The number of benzene rings is 2. The standard InChI is InChI=1S/C20H24BrNO2S/c1-22(2)8-9-25-14-18-13-19(21)7-6-17(18)11-15-4-3-5-16(10-15)12-20(23)24/h3-7,10,13H,8-9,11-12,14H2,1-2H3,(H,23,24). The number of halogens is 1. The van der Waals surface area contributed by atoms with Gasteiger partial charge in [0, 0.05) is 22.5 Å². The zero-order chi connectivity index (χ0) is 18.2. The van der Waals surface area contributed by atoms with Crippen LogP contribution in [0.3, 0.4) is 0 Å². The molecule has 0 amide bonds. The lowest BCUT2D eigenvalue weighted by Crippen LogP contribution is -2.14. The summed E-state index contributed by atoms with van der Waals surface area (Å²) in [6, 6.07) is 14.3. The summed E-state index contributed by atoms with van der Waals surface area (Å²) in [6.07, 6.45) is 0.895. The Balaban J connectivity index is 2.09. The minimum absolute atomic E-state index is 0.0709. The number of hydrogen-bond acceptors (Lipinski definition) is 3. The molecule has 5 heteroatoms. The molecular weight excluding hydrogens is 398 g/mol. The SMILES string of the molecule is CN(C)CCSCc1cc(Br)ccc1Cc1cccc(CC(=O)O)c1. The second-order valence-corrected chi connectivity index (χ2v) is 8.36. The molecule has 134 valence electrons. The normalized spacial score (nSPS) is 11.0. The monoisotopic (exact) mass is 421 g/mol. The van der Waals surface area contributed by atoms with E-state index in [-0.39, 0.29) is 6.42 Å². The van der Waals surface area contributed by atoms with E-state index in [2.05, 4.69) is 59.2 Å². The molecule has 0 atom stereocenters. The van der Waals surface area contributed by atoms with Crippen molar-refractivity contribution in [2.45, 2.75) is 18.6 Å². The predicted octanol–water partition coefficient (Wildman–Crippen LogP) is 4.46. The van der Waals surface area contributed by atoms with Crippen LogP contribution in [0.1, 0.15) is 22.3 Å². The predicted molar refractivity (Wildman–Crippen MR) is 109 cm³/mol. The molecule has 3 nitrogen and oxygen atoms in total. The lowest BCUT2D eigenvalue weighted by molar-refractivity contribution is -0.136. The van der Waals surface area contributed by atoms with E-state index in [0.29, 0.717) is 0 Å². The molecule has 25 heavy (non-hydrogen) atoms. The molecule has 2 rings (SSSR count). The van der Waals surface area contributed by atoms with Gasteiger partial charge in [-0.25, -0.2) is 0 Å². The summed E-state index contributed by atoms with van der Waals surface area (Å²) in [5, 5.41) is 8.97. The van der Waals surface area contributed by atoms with Gasteiger partial charge < -0.3 is 10.0 Å². The van der Waals surface area contributed by atoms with Crippen molar-refractivity contribution in [1.29, 1.82) is 0 Å². The van der Waals surface area contributed by atoms with E-state index in [9.17, 15) is 4.79 Å². The van der Waals surface area contributed by atoms with Crippen LogP contribution < -0.4 is 0 Å². The van der Waals surface area contributed by atoms with Gasteiger partial charge in [-0.3, -0.25) is 4.79 Å². The average Bonchev–Trinajstić information content (AvgIpc) is 2.53. The number of carboxylic acids is 1. The molecule has 0 aromatic heterocycles. The molecule has 2 aromatic rings. The molecule has 0 fully saturated rings. The van der Waals surface area contributed by atoms with E-state index in [1.54, 1.807) is 0 Å². The summed E-state index contributed by atoms with van der Waals surface area (Å²) in [4.78, 5) is 13.1. The maximum Gasteiger partial charge on any atom is 0.307 e. The van der Waals surface area contributed by atoms with Gasteiger partial charge in [0.25, 0.3) is 0 Å². The number of rotatable bonds is 9. The van der Waals surface area contributed by atoms with E-state index in [0.717, 1.165) is 40.1 Å². The molecular formula is C20H24BrNO2S. The van der Waals surface area contributed by atoms with Crippen LogP contribution in [0.25, 0.3) is 0 Å². The zero-order valence-electron chi connectivity index (χ0n) is 14.7. The summed E-state index contributed by atoms with van der Waals surface area (Å²) >= 11 is 5.51. The Bertz CT molecular complexity index is 719. The zero-order valence-corrected chi connectivity index (χ0v) is 17.1. The summed E-state index contributed by atoms with van der Waals surface area (Å²) < 4.78 is 1.10. The topological polar surface area (TPSA) is 40.5 Å². The smallest absolute Gasteiger partial charge is 0.307 e. The highest BCUT2D eigenvalue weighted by molar-refractivity contribution is 9.10. The number of aliphatic carboxylic acids is 1. The first-order valence-corrected chi connectivity index (χ1v) is 10.2. The van der Waals surface area contributed by atoms with Crippen molar-refractivity contribution >= 4 is 33.7 Å². The number of carbonyl (C=O) groups is 1. The summed E-state index contributed by atoms with van der Waals surface area (Å²) in [5.41, 5.74) is 4.64. The highest BCUT2D eigenvalue weighted by atomic mass is 79.9. The first kappa shape index (κ1) is 20.0. The van der Waals surface area contributed by atoms with Gasteiger partial charge in [-0.05, 0) is 54.9 Å². The lowest BCUT2D eigenvalue weighted by Gasteiger charge is -2.13. The Morgan fingerprint density at radius 1 is 1.12 bits per heavy atom. The first-order valence-electron chi connectivity index (χ1n) is 8.23. The second kappa shape index (κ2) is 10.00. The Morgan fingerprint density at radius 2 is 1.88 bits per heavy atom. The molecule has 0 unspecified atom stereocenters. The van der Waals surface area contributed by atoms with Gasteiger partial charge in [0.2, 0.25) is 0 Å². The molecule has 0 saturated heterocycles. The van der Waals surface area contributed by atoms with E-state index < -0.39 is 5.97 Å². The van der Waals surface area contributed by atoms with Crippen molar-refractivity contribution < 1.29 is 9.90 Å². The fourth-order valence-corrected chi connectivity index (χ4v) is 4.11. The van der Waals surface area contributed by atoms with Crippen molar-refractivity contribution in [2.75, 3.05) is 26.4 Å². The van der Waals surface area contributed by atoms with Gasteiger partial charge in [0.1, 0.15) is 0 Å². The van der Waals surface area contributed by atoms with Gasteiger partial charge in [-0.15, -0.1) is 0 Å². The van der Waals surface area contributed by atoms with Gasteiger partial charge in [-0.1, -0.05) is 46.3 Å². The Labute approximate surface area is 162 Å². The Hall–Kier alpha value is -1.30. The third kappa shape index (κ3) is 7.22. The van der Waals surface area contributed by atoms with Gasteiger partial charge >= 0.3 is 5.97 Å². The van der Waals surface area contributed by atoms with Crippen LogP contribution in [-0.2, 0) is 23.4 Å². The van der Waals surface area contributed by atoms with E-state index in [1.807, 2.05) is 30.0 Å². The largest absolute Gasteiger partial charge is 0.481 e. The van der Waals surface area contributed by atoms with Crippen molar-refractivity contribution in [3.63, 3.8) is 0 Å². The molecule has 0 radical (unpaired) electrons. The molecule has 0 heterocycles. The van der Waals surface area contributed by atoms with Crippen molar-refractivity contribution in [3.8, 4) is 0 Å². The van der Waals surface area contributed by atoms with E-state index >= 15 is 0 Å². The molecule has 0 bridgehead atoms. The van der Waals surface area contributed by atoms with Crippen LogP contribution in [0.5, 0.6) is 0 Å². The van der Waals surface area contributed by atoms with Crippen LogP contribution in [0.4, 0.5) is 0 Å². The van der Waals surface area contributed by atoms with Crippen LogP contribution >= 0.6 is 27.7 Å². The number of carboxylic acid groups (broad SMARTS) is 1. The fourth-order valence-electron chi connectivity index (χ4n) is 2.57. The quantitative estimate of drug-likeness (QED) is 0.606. The fraction of sp³-hybridized carbons (Fsp3) is 0.350. The molecule has 0 saturated carbocycles. The molecule has 1 N–H and O–H groups in total. The van der Waals surface area contributed by atoms with Crippen LogP contribution in [0, 0.1) is 0 Å². The van der Waals surface area contributed by atoms with E-state index in [4.69, 9.17) is 5.11 Å².